The van der Waals surface area contributed by atoms with Crippen LogP contribution in [0.2, 0.25) is 0 Å². The molecule has 2 unspecified atom stereocenters. The third kappa shape index (κ3) is 4.27. The first-order valence-corrected chi connectivity index (χ1v) is 9.39. The molecule has 1 spiro atoms. The van der Waals surface area contributed by atoms with E-state index in [1.54, 1.807) is 0 Å². The van der Waals surface area contributed by atoms with Crippen molar-refractivity contribution in [3.05, 3.63) is 18.2 Å². The molecule has 4 heterocycles. The fourth-order valence-corrected chi connectivity index (χ4v) is 4.43. The fraction of sp³-hybridized carbons (Fsp3) is 0.778. The smallest absolute Gasteiger partial charge is 0.223 e. The Bertz CT molecular complexity index is 567. The number of hydrogen-bond donors (Lipinski definition) is 1. The number of hydrogen-bond acceptors (Lipinski definition) is 6. The summed E-state index contributed by atoms with van der Waals surface area (Å²) in [7, 11) is 0. The van der Waals surface area contributed by atoms with Gasteiger partial charge in [-0.05, 0) is 38.1 Å². The van der Waals surface area contributed by atoms with E-state index in [0.717, 1.165) is 45.1 Å². The molecular weight excluding hydrogens is 323 g/mol. The second-order valence-electron chi connectivity index (χ2n) is 7.66. The minimum Gasteiger partial charge on any atom is -0.381 e. The molecule has 1 aromatic heterocycles. The second-order valence-corrected chi connectivity index (χ2v) is 7.66. The molecule has 138 valence electrons. The van der Waals surface area contributed by atoms with Crippen molar-refractivity contribution < 1.29 is 13.9 Å². The molecule has 0 bridgehead atoms. The van der Waals surface area contributed by atoms with Crippen molar-refractivity contribution in [1.82, 2.24) is 14.9 Å². The van der Waals surface area contributed by atoms with Gasteiger partial charge >= 0.3 is 0 Å². The monoisotopic (exact) mass is 350 g/mol. The number of nitrogens with one attached hydrogen (secondary N) is 1. The SMILES string of the molecule is Fc1cnc(NC2COC3(CCCN(CC4CCOCC4)C3)C2)nc1. The number of piperidine rings is 1. The van der Waals surface area contributed by atoms with Gasteiger partial charge in [-0.3, -0.25) is 0 Å². The highest BCUT2D eigenvalue weighted by molar-refractivity contribution is 5.25. The van der Waals surface area contributed by atoms with E-state index in [-0.39, 0.29) is 11.6 Å². The topological polar surface area (TPSA) is 59.5 Å². The van der Waals surface area contributed by atoms with Crippen molar-refractivity contribution in [2.24, 2.45) is 5.92 Å². The Morgan fingerprint density at radius 3 is 2.88 bits per heavy atom. The molecule has 0 amide bonds. The van der Waals surface area contributed by atoms with E-state index < -0.39 is 5.82 Å². The van der Waals surface area contributed by atoms with E-state index in [4.69, 9.17) is 9.47 Å². The lowest BCUT2D eigenvalue weighted by molar-refractivity contribution is -0.0580. The first-order chi connectivity index (χ1) is 12.2. The average molecular weight is 350 g/mol. The lowest BCUT2D eigenvalue weighted by Gasteiger charge is -2.41. The van der Waals surface area contributed by atoms with Crippen LogP contribution in [0.25, 0.3) is 0 Å². The van der Waals surface area contributed by atoms with Gasteiger partial charge in [0.25, 0.3) is 0 Å². The van der Waals surface area contributed by atoms with Gasteiger partial charge < -0.3 is 19.7 Å². The largest absolute Gasteiger partial charge is 0.381 e. The zero-order chi connectivity index (χ0) is 17.1. The van der Waals surface area contributed by atoms with Crippen molar-refractivity contribution in [2.75, 3.05) is 44.8 Å². The Labute approximate surface area is 148 Å². The summed E-state index contributed by atoms with van der Waals surface area (Å²) in [6.45, 7) is 5.81. The van der Waals surface area contributed by atoms with Crippen LogP contribution in [-0.4, -0.2) is 66.0 Å². The van der Waals surface area contributed by atoms with Gasteiger partial charge in [-0.1, -0.05) is 0 Å². The van der Waals surface area contributed by atoms with E-state index in [2.05, 4.69) is 20.2 Å². The number of ether oxygens (including phenoxy) is 2. The van der Waals surface area contributed by atoms with Gasteiger partial charge in [-0.15, -0.1) is 0 Å². The van der Waals surface area contributed by atoms with Gasteiger partial charge in [-0.2, -0.15) is 0 Å². The lowest BCUT2D eigenvalue weighted by Crippen LogP contribution is -2.49. The molecule has 25 heavy (non-hydrogen) atoms. The zero-order valence-electron chi connectivity index (χ0n) is 14.6. The Balaban J connectivity index is 1.31. The maximum absolute atomic E-state index is 12.9. The Morgan fingerprint density at radius 2 is 2.08 bits per heavy atom. The molecular formula is C18H27FN4O2. The summed E-state index contributed by atoms with van der Waals surface area (Å²) in [6.07, 6.45) is 7.99. The minimum absolute atomic E-state index is 0.0545. The highest BCUT2D eigenvalue weighted by Crippen LogP contribution is 2.36. The number of rotatable bonds is 4. The van der Waals surface area contributed by atoms with Crippen molar-refractivity contribution >= 4 is 5.95 Å². The van der Waals surface area contributed by atoms with Crippen LogP contribution in [0.15, 0.2) is 12.4 Å². The highest BCUT2D eigenvalue weighted by Gasteiger charge is 2.43. The number of likely N-dealkylation sites (tertiary alicyclic amines) is 1. The van der Waals surface area contributed by atoms with Crippen molar-refractivity contribution in [3.8, 4) is 0 Å². The molecule has 0 aromatic carbocycles. The maximum atomic E-state index is 12.9. The first kappa shape index (κ1) is 17.1. The van der Waals surface area contributed by atoms with Crippen molar-refractivity contribution in [1.29, 1.82) is 0 Å². The van der Waals surface area contributed by atoms with Gasteiger partial charge in [0.05, 0.1) is 30.6 Å². The molecule has 0 saturated carbocycles. The van der Waals surface area contributed by atoms with Gasteiger partial charge in [0.15, 0.2) is 5.82 Å². The van der Waals surface area contributed by atoms with E-state index in [1.807, 2.05) is 0 Å². The molecule has 3 fully saturated rings. The van der Waals surface area contributed by atoms with Crippen LogP contribution in [0.1, 0.15) is 32.1 Å². The average Bonchev–Trinajstić information content (AvgIpc) is 3.00. The minimum atomic E-state index is -0.416. The lowest BCUT2D eigenvalue weighted by atomic mass is 9.87. The van der Waals surface area contributed by atoms with Crippen LogP contribution in [-0.2, 0) is 9.47 Å². The predicted octanol–water partition coefficient (Wildman–Crippen LogP) is 2.08. The van der Waals surface area contributed by atoms with Crippen molar-refractivity contribution in [3.63, 3.8) is 0 Å². The van der Waals surface area contributed by atoms with E-state index in [9.17, 15) is 4.39 Å². The molecule has 3 aliphatic heterocycles. The number of aromatic nitrogens is 2. The van der Waals surface area contributed by atoms with Crippen LogP contribution < -0.4 is 5.32 Å². The summed E-state index contributed by atoms with van der Waals surface area (Å²) in [5.41, 5.74) is -0.0545. The summed E-state index contributed by atoms with van der Waals surface area (Å²) >= 11 is 0. The summed E-state index contributed by atoms with van der Waals surface area (Å²) in [4.78, 5) is 10.6. The Kier molecular flexibility index (Phi) is 5.15. The normalized spacial score (nSPS) is 31.5. The fourth-order valence-electron chi connectivity index (χ4n) is 4.43. The predicted molar refractivity (Wildman–Crippen MR) is 91.9 cm³/mol. The van der Waals surface area contributed by atoms with E-state index in [1.165, 1.54) is 38.2 Å². The molecule has 1 aromatic rings. The number of halogens is 1. The van der Waals surface area contributed by atoms with Gasteiger partial charge in [-0.25, -0.2) is 14.4 Å². The number of anilines is 1. The van der Waals surface area contributed by atoms with Crippen LogP contribution in [0.4, 0.5) is 10.3 Å². The van der Waals surface area contributed by atoms with Gasteiger partial charge in [0.1, 0.15) is 0 Å². The van der Waals surface area contributed by atoms with Crippen LogP contribution in [0, 0.1) is 11.7 Å². The first-order valence-electron chi connectivity index (χ1n) is 9.39. The Morgan fingerprint density at radius 1 is 1.28 bits per heavy atom. The summed E-state index contributed by atoms with van der Waals surface area (Å²) in [5.74, 6) is 0.814. The van der Waals surface area contributed by atoms with Crippen molar-refractivity contribution in [2.45, 2.75) is 43.7 Å². The molecule has 3 aliphatic rings. The van der Waals surface area contributed by atoms with Crippen LogP contribution in [0.5, 0.6) is 0 Å². The van der Waals surface area contributed by atoms with Gasteiger partial charge in [0.2, 0.25) is 5.95 Å². The molecule has 2 atom stereocenters. The standard InChI is InChI=1S/C18H27FN4O2/c19-15-9-20-17(21-10-15)22-16-8-18(25-12-16)4-1-5-23(13-18)11-14-2-6-24-7-3-14/h9-10,14,16H,1-8,11-13H2,(H,20,21,22). The molecule has 1 N–H and O–H groups in total. The summed E-state index contributed by atoms with van der Waals surface area (Å²) < 4.78 is 24.7. The third-order valence-corrected chi connectivity index (χ3v) is 5.64. The van der Waals surface area contributed by atoms with E-state index in [0.29, 0.717) is 12.6 Å². The Hall–Kier alpha value is -1.31. The van der Waals surface area contributed by atoms with E-state index >= 15 is 0 Å². The number of nitrogens with zero attached hydrogens (tertiary/aromatic N) is 3. The molecule has 7 heteroatoms. The second kappa shape index (κ2) is 7.51. The third-order valence-electron chi connectivity index (χ3n) is 5.64. The summed E-state index contributed by atoms with van der Waals surface area (Å²) in [5, 5.41) is 3.29. The molecule has 6 nitrogen and oxygen atoms in total. The van der Waals surface area contributed by atoms with Gasteiger partial charge in [0, 0.05) is 32.7 Å². The summed E-state index contributed by atoms with van der Waals surface area (Å²) in [6, 6.07) is 0.188. The quantitative estimate of drug-likeness (QED) is 0.897. The molecule has 4 rings (SSSR count). The molecule has 0 radical (unpaired) electrons. The van der Waals surface area contributed by atoms with Crippen LogP contribution >= 0.6 is 0 Å². The maximum Gasteiger partial charge on any atom is 0.223 e. The van der Waals surface area contributed by atoms with Crippen LogP contribution in [0.3, 0.4) is 0 Å². The highest BCUT2D eigenvalue weighted by atomic mass is 19.1. The molecule has 3 saturated heterocycles. The molecule has 0 aliphatic carbocycles. The zero-order valence-corrected chi connectivity index (χ0v) is 14.6.